The summed E-state index contributed by atoms with van der Waals surface area (Å²) in [7, 11) is 1.86. The fourth-order valence-electron chi connectivity index (χ4n) is 1.64. The number of para-hydroxylation sites is 1. The van der Waals surface area contributed by atoms with Crippen LogP contribution >= 0.6 is 11.6 Å². The monoisotopic (exact) mass is 278 g/mol. The second-order valence-electron chi connectivity index (χ2n) is 4.36. The number of nitrogens with zero attached hydrogens (tertiary/aromatic N) is 3. The van der Waals surface area contributed by atoms with Gasteiger partial charge in [-0.25, -0.2) is 0 Å². The van der Waals surface area contributed by atoms with Crippen molar-refractivity contribution < 1.29 is 4.79 Å². The van der Waals surface area contributed by atoms with E-state index in [0.29, 0.717) is 11.5 Å². The van der Waals surface area contributed by atoms with Gasteiger partial charge >= 0.3 is 0 Å². The molecule has 6 heteroatoms. The van der Waals surface area contributed by atoms with E-state index in [-0.39, 0.29) is 17.7 Å². The van der Waals surface area contributed by atoms with Crippen LogP contribution in [0.25, 0.3) is 11.4 Å². The summed E-state index contributed by atoms with van der Waals surface area (Å²) in [6.45, 7) is 1.78. The van der Waals surface area contributed by atoms with Gasteiger partial charge in [0.15, 0.2) is 5.82 Å². The Kier molecular flexibility index (Phi) is 4.16. The minimum absolute atomic E-state index is 0.107. The second kappa shape index (κ2) is 5.84. The summed E-state index contributed by atoms with van der Waals surface area (Å²) in [4.78, 5) is 11.9. The lowest BCUT2D eigenvalue weighted by atomic mass is 10.1. The molecule has 0 saturated carbocycles. The topological polar surface area (TPSA) is 59.8 Å². The first-order chi connectivity index (χ1) is 9.13. The molecule has 0 aliphatic rings. The van der Waals surface area contributed by atoms with Crippen LogP contribution < -0.4 is 5.32 Å². The van der Waals surface area contributed by atoms with E-state index in [0.717, 1.165) is 5.56 Å². The van der Waals surface area contributed by atoms with E-state index >= 15 is 0 Å². The zero-order valence-electron chi connectivity index (χ0n) is 10.8. The van der Waals surface area contributed by atoms with Crippen molar-refractivity contribution in [2.45, 2.75) is 6.92 Å². The number of amides is 1. The SMILES string of the molecule is CC(CCl)C(=O)Nc1ccccc1-c1nncn1C. The Morgan fingerprint density at radius 1 is 1.47 bits per heavy atom. The van der Waals surface area contributed by atoms with E-state index in [2.05, 4.69) is 15.5 Å². The minimum atomic E-state index is -0.241. The van der Waals surface area contributed by atoms with E-state index in [1.54, 1.807) is 17.8 Å². The molecule has 19 heavy (non-hydrogen) atoms. The van der Waals surface area contributed by atoms with Crippen LogP contribution in [0, 0.1) is 5.92 Å². The van der Waals surface area contributed by atoms with Gasteiger partial charge in [-0.05, 0) is 12.1 Å². The van der Waals surface area contributed by atoms with Crippen molar-refractivity contribution >= 4 is 23.2 Å². The van der Waals surface area contributed by atoms with Gasteiger partial charge < -0.3 is 9.88 Å². The Hall–Kier alpha value is -1.88. The molecule has 0 radical (unpaired) electrons. The number of aryl methyl sites for hydroxylation is 1. The molecule has 1 unspecified atom stereocenters. The standard InChI is InChI=1S/C13H15ClN4O/c1-9(7-14)13(19)16-11-6-4-3-5-10(11)12-17-15-8-18(12)2/h3-6,8-9H,7H2,1-2H3,(H,16,19). The van der Waals surface area contributed by atoms with Crippen LogP contribution in [0.2, 0.25) is 0 Å². The van der Waals surface area contributed by atoms with Gasteiger partial charge in [0.05, 0.1) is 5.69 Å². The molecule has 0 aliphatic heterocycles. The molecule has 0 bridgehead atoms. The number of anilines is 1. The van der Waals surface area contributed by atoms with E-state index in [9.17, 15) is 4.79 Å². The average Bonchev–Trinajstić information content (AvgIpc) is 2.84. The zero-order chi connectivity index (χ0) is 13.8. The van der Waals surface area contributed by atoms with Gasteiger partial charge in [0.1, 0.15) is 6.33 Å². The van der Waals surface area contributed by atoms with Crippen LogP contribution in [-0.4, -0.2) is 26.6 Å². The smallest absolute Gasteiger partial charge is 0.228 e. The number of rotatable bonds is 4. The number of carbonyl (C=O) groups excluding carboxylic acids is 1. The largest absolute Gasteiger partial charge is 0.325 e. The molecular formula is C13H15ClN4O. The summed E-state index contributed by atoms with van der Waals surface area (Å²) in [6.07, 6.45) is 1.62. The van der Waals surface area contributed by atoms with Gasteiger partial charge in [0, 0.05) is 24.4 Å². The molecule has 1 heterocycles. The fraction of sp³-hybridized carbons (Fsp3) is 0.308. The Balaban J connectivity index is 2.32. The molecule has 0 spiro atoms. The number of nitrogens with one attached hydrogen (secondary N) is 1. The Bertz CT molecular complexity index is 582. The van der Waals surface area contributed by atoms with Gasteiger partial charge in [-0.15, -0.1) is 21.8 Å². The van der Waals surface area contributed by atoms with Crippen LogP contribution in [0.1, 0.15) is 6.92 Å². The van der Waals surface area contributed by atoms with Crippen LogP contribution in [0.5, 0.6) is 0 Å². The molecule has 2 rings (SSSR count). The maximum atomic E-state index is 11.9. The van der Waals surface area contributed by atoms with E-state index in [1.807, 2.05) is 31.3 Å². The predicted octanol–water partition coefficient (Wildman–Crippen LogP) is 2.30. The average molecular weight is 279 g/mol. The lowest BCUT2D eigenvalue weighted by molar-refractivity contribution is -0.118. The summed E-state index contributed by atoms with van der Waals surface area (Å²) < 4.78 is 1.80. The summed E-state index contributed by atoms with van der Waals surface area (Å²) >= 11 is 5.69. The third-order valence-electron chi connectivity index (χ3n) is 2.82. The lowest BCUT2D eigenvalue weighted by Crippen LogP contribution is -2.21. The fourth-order valence-corrected chi connectivity index (χ4v) is 1.78. The van der Waals surface area contributed by atoms with Gasteiger partial charge in [-0.3, -0.25) is 4.79 Å². The maximum Gasteiger partial charge on any atom is 0.228 e. The summed E-state index contributed by atoms with van der Waals surface area (Å²) in [5.41, 5.74) is 1.54. The highest BCUT2D eigenvalue weighted by molar-refractivity contribution is 6.19. The van der Waals surface area contributed by atoms with Crippen LogP contribution in [0.4, 0.5) is 5.69 Å². The van der Waals surface area contributed by atoms with Crippen LogP contribution in [0.3, 0.4) is 0 Å². The molecule has 5 nitrogen and oxygen atoms in total. The molecule has 1 atom stereocenters. The Labute approximate surface area is 116 Å². The molecule has 0 saturated heterocycles. The zero-order valence-corrected chi connectivity index (χ0v) is 11.6. The molecule has 0 fully saturated rings. The van der Waals surface area contributed by atoms with Crippen LogP contribution in [-0.2, 0) is 11.8 Å². The number of halogens is 1. The van der Waals surface area contributed by atoms with Gasteiger partial charge in [0.25, 0.3) is 0 Å². The molecular weight excluding hydrogens is 264 g/mol. The lowest BCUT2D eigenvalue weighted by Gasteiger charge is -2.12. The molecule has 1 amide bonds. The van der Waals surface area contributed by atoms with Crippen molar-refractivity contribution in [3.8, 4) is 11.4 Å². The summed E-state index contributed by atoms with van der Waals surface area (Å²) in [6, 6.07) is 7.49. The molecule has 0 aliphatic carbocycles. The Morgan fingerprint density at radius 3 is 2.84 bits per heavy atom. The number of hydrogen-bond donors (Lipinski definition) is 1. The number of carbonyl (C=O) groups is 1. The molecule has 1 aromatic heterocycles. The van der Waals surface area contributed by atoms with Gasteiger partial charge in [-0.1, -0.05) is 19.1 Å². The van der Waals surface area contributed by atoms with E-state index < -0.39 is 0 Å². The quantitative estimate of drug-likeness (QED) is 0.873. The normalized spacial score (nSPS) is 12.2. The number of hydrogen-bond acceptors (Lipinski definition) is 3. The van der Waals surface area contributed by atoms with Crippen molar-refractivity contribution in [2.75, 3.05) is 11.2 Å². The Morgan fingerprint density at radius 2 is 2.21 bits per heavy atom. The first-order valence-corrected chi connectivity index (χ1v) is 6.47. The highest BCUT2D eigenvalue weighted by Crippen LogP contribution is 2.25. The van der Waals surface area contributed by atoms with Crippen molar-refractivity contribution in [1.82, 2.24) is 14.8 Å². The van der Waals surface area contributed by atoms with Crippen molar-refractivity contribution in [3.63, 3.8) is 0 Å². The van der Waals surface area contributed by atoms with Crippen molar-refractivity contribution in [1.29, 1.82) is 0 Å². The van der Waals surface area contributed by atoms with Crippen molar-refractivity contribution in [2.24, 2.45) is 13.0 Å². The summed E-state index contributed by atoms with van der Waals surface area (Å²) in [5.74, 6) is 0.645. The number of aromatic nitrogens is 3. The van der Waals surface area contributed by atoms with Crippen molar-refractivity contribution in [3.05, 3.63) is 30.6 Å². The van der Waals surface area contributed by atoms with E-state index in [4.69, 9.17) is 11.6 Å². The molecule has 1 N–H and O–H groups in total. The first-order valence-electron chi connectivity index (χ1n) is 5.93. The van der Waals surface area contributed by atoms with E-state index in [1.165, 1.54) is 0 Å². The predicted molar refractivity (Wildman–Crippen MR) is 75.0 cm³/mol. The highest BCUT2D eigenvalue weighted by atomic mass is 35.5. The summed E-state index contributed by atoms with van der Waals surface area (Å²) in [5, 5.41) is 10.8. The second-order valence-corrected chi connectivity index (χ2v) is 4.66. The molecule has 1 aromatic carbocycles. The highest BCUT2D eigenvalue weighted by Gasteiger charge is 2.15. The van der Waals surface area contributed by atoms with Gasteiger partial charge in [-0.2, -0.15) is 0 Å². The maximum absolute atomic E-state index is 11.9. The first kappa shape index (κ1) is 13.5. The van der Waals surface area contributed by atoms with Gasteiger partial charge in [0.2, 0.25) is 5.91 Å². The minimum Gasteiger partial charge on any atom is -0.325 e. The molecule has 100 valence electrons. The number of benzene rings is 1. The molecule has 2 aromatic rings. The van der Waals surface area contributed by atoms with Crippen LogP contribution in [0.15, 0.2) is 30.6 Å². The third-order valence-corrected chi connectivity index (χ3v) is 3.28. The third kappa shape index (κ3) is 2.93. The number of alkyl halides is 1.